The Morgan fingerprint density at radius 3 is 2.70 bits per heavy atom. The van der Waals surface area contributed by atoms with Crippen LogP contribution in [0.25, 0.3) is 0 Å². The summed E-state index contributed by atoms with van der Waals surface area (Å²) in [4.78, 5) is 12.0. The van der Waals surface area contributed by atoms with E-state index in [-0.39, 0.29) is 5.92 Å². The summed E-state index contributed by atoms with van der Waals surface area (Å²) in [5.74, 6) is 1.74. The number of Topliss-reactive ketones (excluding diaryl/α,β-unsaturated/α-hetero) is 1. The SMILES string of the molecule is CC(C)COCCC1CC(c2ccccc2)CCC1=O. The monoisotopic (exact) mass is 274 g/mol. The summed E-state index contributed by atoms with van der Waals surface area (Å²) in [6.45, 7) is 5.81. The highest BCUT2D eigenvalue weighted by atomic mass is 16.5. The lowest BCUT2D eigenvalue weighted by atomic mass is 9.76. The maximum absolute atomic E-state index is 12.0. The van der Waals surface area contributed by atoms with Gasteiger partial charge in [-0.3, -0.25) is 4.79 Å². The molecule has 2 nitrogen and oxygen atoms in total. The topological polar surface area (TPSA) is 26.3 Å². The van der Waals surface area contributed by atoms with Crippen molar-refractivity contribution in [1.82, 2.24) is 0 Å². The van der Waals surface area contributed by atoms with Crippen LogP contribution in [0.3, 0.4) is 0 Å². The van der Waals surface area contributed by atoms with Crippen molar-refractivity contribution in [2.45, 2.75) is 45.4 Å². The van der Waals surface area contributed by atoms with Crippen molar-refractivity contribution in [3.05, 3.63) is 35.9 Å². The highest BCUT2D eigenvalue weighted by Gasteiger charge is 2.29. The Kier molecular flexibility index (Phi) is 5.78. The number of carbonyl (C=O) groups is 1. The summed E-state index contributed by atoms with van der Waals surface area (Å²) in [6, 6.07) is 10.6. The molecular formula is C18H26O2. The number of hydrogen-bond acceptors (Lipinski definition) is 2. The molecule has 0 amide bonds. The minimum atomic E-state index is 0.195. The minimum absolute atomic E-state index is 0.195. The van der Waals surface area contributed by atoms with E-state index < -0.39 is 0 Å². The minimum Gasteiger partial charge on any atom is -0.381 e. The van der Waals surface area contributed by atoms with Crippen molar-refractivity contribution in [2.24, 2.45) is 11.8 Å². The Morgan fingerprint density at radius 2 is 2.00 bits per heavy atom. The molecule has 0 aliphatic heterocycles. The molecule has 1 aliphatic rings. The van der Waals surface area contributed by atoms with Gasteiger partial charge in [-0.15, -0.1) is 0 Å². The van der Waals surface area contributed by atoms with Crippen LogP contribution in [0, 0.1) is 11.8 Å². The molecular weight excluding hydrogens is 248 g/mol. The molecule has 20 heavy (non-hydrogen) atoms. The molecule has 1 aromatic carbocycles. The van der Waals surface area contributed by atoms with Gasteiger partial charge in [-0.25, -0.2) is 0 Å². The predicted octanol–water partition coefficient (Wildman–Crippen LogP) is 4.20. The van der Waals surface area contributed by atoms with Crippen LogP contribution in [0.1, 0.15) is 51.0 Å². The Labute approximate surface area is 122 Å². The van der Waals surface area contributed by atoms with Gasteiger partial charge in [-0.2, -0.15) is 0 Å². The lowest BCUT2D eigenvalue weighted by Gasteiger charge is -2.28. The molecule has 1 aliphatic carbocycles. The Morgan fingerprint density at radius 1 is 1.25 bits per heavy atom. The zero-order valence-corrected chi connectivity index (χ0v) is 12.7. The largest absolute Gasteiger partial charge is 0.381 e. The number of hydrogen-bond donors (Lipinski definition) is 0. The third kappa shape index (κ3) is 4.45. The summed E-state index contributed by atoms with van der Waals surface area (Å²) in [5, 5.41) is 0. The lowest BCUT2D eigenvalue weighted by molar-refractivity contribution is -0.125. The Bertz CT molecular complexity index is 411. The predicted molar refractivity (Wildman–Crippen MR) is 81.8 cm³/mol. The van der Waals surface area contributed by atoms with Crippen LogP contribution in [0.4, 0.5) is 0 Å². The second kappa shape index (κ2) is 7.58. The van der Waals surface area contributed by atoms with E-state index in [4.69, 9.17) is 4.74 Å². The van der Waals surface area contributed by atoms with Crippen LogP contribution < -0.4 is 0 Å². The first-order valence-corrected chi connectivity index (χ1v) is 7.82. The standard InChI is InChI=1S/C18H26O2/c1-14(2)13-20-11-10-17-12-16(8-9-18(17)19)15-6-4-3-5-7-15/h3-7,14,16-17H,8-13H2,1-2H3. The highest BCUT2D eigenvalue weighted by molar-refractivity contribution is 5.82. The van der Waals surface area contributed by atoms with Crippen LogP contribution in [0.2, 0.25) is 0 Å². The fraction of sp³-hybridized carbons (Fsp3) is 0.611. The second-order valence-electron chi connectivity index (χ2n) is 6.30. The van der Waals surface area contributed by atoms with Crippen LogP contribution >= 0.6 is 0 Å². The van der Waals surface area contributed by atoms with Crippen LogP contribution in [0.5, 0.6) is 0 Å². The van der Waals surface area contributed by atoms with E-state index >= 15 is 0 Å². The van der Waals surface area contributed by atoms with Crippen molar-refractivity contribution >= 4 is 5.78 Å². The highest BCUT2D eigenvalue weighted by Crippen LogP contribution is 2.35. The molecule has 110 valence electrons. The quantitative estimate of drug-likeness (QED) is 0.727. The summed E-state index contributed by atoms with van der Waals surface area (Å²) in [5.41, 5.74) is 1.38. The van der Waals surface area contributed by atoms with Crippen molar-refractivity contribution in [1.29, 1.82) is 0 Å². The zero-order chi connectivity index (χ0) is 14.4. The fourth-order valence-electron chi connectivity index (χ4n) is 2.96. The Hall–Kier alpha value is -1.15. The number of ether oxygens (including phenoxy) is 1. The van der Waals surface area contributed by atoms with Gasteiger partial charge in [0.1, 0.15) is 5.78 Å². The van der Waals surface area contributed by atoms with Gasteiger partial charge in [-0.1, -0.05) is 44.2 Å². The molecule has 2 unspecified atom stereocenters. The zero-order valence-electron chi connectivity index (χ0n) is 12.7. The molecule has 0 N–H and O–H groups in total. The van der Waals surface area contributed by atoms with Gasteiger partial charge in [0.2, 0.25) is 0 Å². The number of carbonyl (C=O) groups excluding carboxylic acids is 1. The molecule has 0 bridgehead atoms. The van der Waals surface area contributed by atoms with Gasteiger partial charge in [0.25, 0.3) is 0 Å². The van der Waals surface area contributed by atoms with E-state index in [9.17, 15) is 4.79 Å². The molecule has 1 saturated carbocycles. The maximum atomic E-state index is 12.0. The van der Waals surface area contributed by atoms with E-state index in [2.05, 4.69) is 44.2 Å². The van der Waals surface area contributed by atoms with E-state index in [1.165, 1.54) is 5.56 Å². The fourth-order valence-corrected chi connectivity index (χ4v) is 2.96. The van der Waals surface area contributed by atoms with Gasteiger partial charge >= 0.3 is 0 Å². The molecule has 0 radical (unpaired) electrons. The first-order valence-electron chi connectivity index (χ1n) is 7.82. The van der Waals surface area contributed by atoms with E-state index in [1.807, 2.05) is 0 Å². The van der Waals surface area contributed by atoms with Gasteiger partial charge in [0.15, 0.2) is 0 Å². The summed E-state index contributed by atoms with van der Waals surface area (Å²) < 4.78 is 5.63. The molecule has 2 heteroatoms. The lowest BCUT2D eigenvalue weighted by Crippen LogP contribution is -2.25. The van der Waals surface area contributed by atoms with E-state index in [1.54, 1.807) is 0 Å². The molecule has 0 aromatic heterocycles. The Balaban J connectivity index is 1.84. The molecule has 2 rings (SSSR count). The van der Waals surface area contributed by atoms with E-state index in [0.717, 1.165) is 38.9 Å². The third-order valence-corrected chi connectivity index (χ3v) is 4.10. The second-order valence-corrected chi connectivity index (χ2v) is 6.30. The molecule has 1 aromatic rings. The normalized spacial score (nSPS) is 23.2. The van der Waals surface area contributed by atoms with Crippen molar-refractivity contribution < 1.29 is 9.53 Å². The summed E-state index contributed by atoms with van der Waals surface area (Å²) in [7, 11) is 0. The summed E-state index contributed by atoms with van der Waals surface area (Å²) >= 11 is 0. The van der Waals surface area contributed by atoms with E-state index in [0.29, 0.717) is 17.6 Å². The van der Waals surface area contributed by atoms with Gasteiger partial charge in [0.05, 0.1) is 0 Å². The molecule has 0 saturated heterocycles. The smallest absolute Gasteiger partial charge is 0.136 e. The van der Waals surface area contributed by atoms with Crippen LogP contribution in [-0.2, 0) is 9.53 Å². The molecule has 0 heterocycles. The average molecular weight is 274 g/mol. The van der Waals surface area contributed by atoms with Crippen molar-refractivity contribution in [3.63, 3.8) is 0 Å². The van der Waals surface area contributed by atoms with Crippen molar-refractivity contribution in [2.75, 3.05) is 13.2 Å². The van der Waals surface area contributed by atoms with Crippen LogP contribution in [-0.4, -0.2) is 19.0 Å². The molecule has 1 fully saturated rings. The average Bonchev–Trinajstić information content (AvgIpc) is 2.46. The van der Waals surface area contributed by atoms with Gasteiger partial charge in [-0.05, 0) is 36.7 Å². The first kappa shape index (κ1) is 15.2. The van der Waals surface area contributed by atoms with Gasteiger partial charge in [0, 0.05) is 25.6 Å². The van der Waals surface area contributed by atoms with Crippen LogP contribution in [0.15, 0.2) is 30.3 Å². The first-order chi connectivity index (χ1) is 9.66. The van der Waals surface area contributed by atoms with Crippen molar-refractivity contribution in [3.8, 4) is 0 Å². The number of benzene rings is 1. The molecule has 0 spiro atoms. The third-order valence-electron chi connectivity index (χ3n) is 4.10. The maximum Gasteiger partial charge on any atom is 0.136 e. The molecule has 2 atom stereocenters. The number of rotatable bonds is 6. The summed E-state index contributed by atoms with van der Waals surface area (Å²) in [6.07, 6.45) is 3.61. The number of ketones is 1. The van der Waals surface area contributed by atoms with Gasteiger partial charge < -0.3 is 4.74 Å².